The Morgan fingerprint density at radius 2 is 1.91 bits per heavy atom. The smallest absolute Gasteiger partial charge is 0.387 e. The van der Waals surface area contributed by atoms with Crippen molar-refractivity contribution in [3.8, 4) is 11.5 Å². The molecule has 33 heavy (non-hydrogen) atoms. The number of amides is 1. The van der Waals surface area contributed by atoms with Crippen LogP contribution in [-0.2, 0) is 22.6 Å². The van der Waals surface area contributed by atoms with Crippen LogP contribution in [0.25, 0.3) is 0 Å². The summed E-state index contributed by atoms with van der Waals surface area (Å²) in [5.74, 6) is -1.08. The van der Waals surface area contributed by atoms with Gasteiger partial charge < -0.3 is 19.5 Å². The van der Waals surface area contributed by atoms with Crippen molar-refractivity contribution in [3.63, 3.8) is 0 Å². The Labute approximate surface area is 193 Å². The van der Waals surface area contributed by atoms with E-state index in [1.807, 2.05) is 32.0 Å². The summed E-state index contributed by atoms with van der Waals surface area (Å²) in [6.07, 6.45) is 0.0921. The monoisotopic (exact) mass is 476 g/mol. The van der Waals surface area contributed by atoms with Crippen molar-refractivity contribution in [2.45, 2.75) is 33.5 Å². The Balaban J connectivity index is 1.55. The van der Waals surface area contributed by atoms with Gasteiger partial charge in [-0.3, -0.25) is 4.79 Å². The summed E-state index contributed by atoms with van der Waals surface area (Å²) in [4.78, 5) is 29.0. The van der Waals surface area contributed by atoms with Crippen LogP contribution in [0.2, 0.25) is 0 Å². The molecule has 0 radical (unpaired) electrons. The maximum absolute atomic E-state index is 12.4. The number of benzene rings is 2. The molecule has 0 atom stereocenters. The van der Waals surface area contributed by atoms with Gasteiger partial charge in [0.2, 0.25) is 5.91 Å². The summed E-state index contributed by atoms with van der Waals surface area (Å²) >= 11 is 1.29. The average Bonchev–Trinajstić information content (AvgIpc) is 3.21. The number of carbonyl (C=O) groups excluding carboxylic acids is 2. The lowest BCUT2D eigenvalue weighted by molar-refractivity contribution is -0.115. The van der Waals surface area contributed by atoms with Gasteiger partial charge in [-0.2, -0.15) is 8.78 Å². The molecule has 0 saturated carbocycles. The second-order valence-corrected chi connectivity index (χ2v) is 8.04. The summed E-state index contributed by atoms with van der Waals surface area (Å²) in [5, 5.41) is 5.17. The van der Waals surface area contributed by atoms with Gasteiger partial charge in [-0.15, -0.1) is 11.3 Å². The van der Waals surface area contributed by atoms with Crippen LogP contribution in [0.3, 0.4) is 0 Å². The van der Waals surface area contributed by atoms with E-state index in [-0.39, 0.29) is 36.0 Å². The Morgan fingerprint density at radius 1 is 1.12 bits per heavy atom. The molecule has 0 aliphatic carbocycles. The van der Waals surface area contributed by atoms with E-state index >= 15 is 0 Å². The number of alkyl halides is 2. The number of ether oxygens (including phenoxy) is 3. The lowest BCUT2D eigenvalue weighted by Crippen LogP contribution is -2.15. The number of halogens is 2. The molecule has 1 aromatic heterocycles. The van der Waals surface area contributed by atoms with Crippen molar-refractivity contribution in [2.24, 2.45) is 0 Å². The van der Waals surface area contributed by atoms with Gasteiger partial charge >= 0.3 is 12.6 Å². The van der Waals surface area contributed by atoms with E-state index in [0.717, 1.165) is 16.8 Å². The number of thiazole rings is 1. The predicted octanol–water partition coefficient (Wildman–Crippen LogP) is 4.91. The largest absolute Gasteiger partial charge is 0.493 e. The summed E-state index contributed by atoms with van der Waals surface area (Å²) in [6, 6.07) is 9.58. The zero-order valence-corrected chi connectivity index (χ0v) is 19.0. The van der Waals surface area contributed by atoms with E-state index in [1.54, 1.807) is 5.38 Å². The highest BCUT2D eigenvalue weighted by molar-refractivity contribution is 7.09. The van der Waals surface area contributed by atoms with Crippen LogP contribution in [0.1, 0.15) is 32.2 Å². The fourth-order valence-electron chi connectivity index (χ4n) is 2.91. The van der Waals surface area contributed by atoms with Crippen LogP contribution in [0.4, 0.5) is 14.5 Å². The number of hydrogen-bond acceptors (Lipinski definition) is 7. The first-order chi connectivity index (χ1) is 15.7. The first-order valence-corrected chi connectivity index (χ1v) is 10.7. The van der Waals surface area contributed by atoms with E-state index in [1.165, 1.54) is 36.6 Å². The van der Waals surface area contributed by atoms with Gasteiger partial charge in [0.15, 0.2) is 11.5 Å². The highest BCUT2D eigenvalue weighted by atomic mass is 32.1. The predicted molar refractivity (Wildman–Crippen MR) is 119 cm³/mol. The SMILES string of the molecule is COc1cc(C(=O)OCc2csc(CC(=O)Nc3cc(C)ccc3C)n2)ccc1OC(F)F. The molecule has 3 aromatic rings. The van der Waals surface area contributed by atoms with E-state index in [2.05, 4.69) is 15.0 Å². The van der Waals surface area contributed by atoms with Crippen LogP contribution >= 0.6 is 11.3 Å². The molecule has 0 spiro atoms. The molecule has 0 bridgehead atoms. The molecule has 1 N–H and O–H groups in total. The molecule has 0 unspecified atom stereocenters. The number of methoxy groups -OCH3 is 1. The number of aryl methyl sites for hydroxylation is 2. The minimum absolute atomic E-state index is 0.0180. The molecule has 3 rings (SSSR count). The van der Waals surface area contributed by atoms with Crippen LogP contribution in [0.5, 0.6) is 11.5 Å². The first-order valence-electron chi connectivity index (χ1n) is 9.85. The lowest BCUT2D eigenvalue weighted by atomic mass is 10.1. The van der Waals surface area contributed by atoms with Gasteiger partial charge in [0.25, 0.3) is 0 Å². The molecule has 0 fully saturated rings. The maximum Gasteiger partial charge on any atom is 0.387 e. The highest BCUT2D eigenvalue weighted by Crippen LogP contribution is 2.29. The Bertz CT molecular complexity index is 1150. The summed E-state index contributed by atoms with van der Waals surface area (Å²) < 4.78 is 39.4. The topological polar surface area (TPSA) is 86.8 Å². The van der Waals surface area contributed by atoms with Gasteiger partial charge in [-0.1, -0.05) is 12.1 Å². The van der Waals surface area contributed by atoms with Crippen molar-refractivity contribution < 1.29 is 32.6 Å². The van der Waals surface area contributed by atoms with Crippen molar-refractivity contribution in [2.75, 3.05) is 12.4 Å². The van der Waals surface area contributed by atoms with Crippen LogP contribution in [0, 0.1) is 13.8 Å². The number of esters is 1. The molecule has 0 saturated heterocycles. The number of anilines is 1. The third kappa shape index (κ3) is 6.72. The lowest BCUT2D eigenvalue weighted by Gasteiger charge is -2.11. The molecule has 7 nitrogen and oxygen atoms in total. The maximum atomic E-state index is 12.4. The molecule has 174 valence electrons. The van der Waals surface area contributed by atoms with Crippen molar-refractivity contribution in [1.29, 1.82) is 0 Å². The summed E-state index contributed by atoms with van der Waals surface area (Å²) in [6.45, 7) is 0.745. The fraction of sp³-hybridized carbons (Fsp3) is 0.261. The second-order valence-electron chi connectivity index (χ2n) is 7.10. The Morgan fingerprint density at radius 3 is 2.64 bits per heavy atom. The van der Waals surface area contributed by atoms with E-state index in [0.29, 0.717) is 10.7 Å². The number of nitrogens with zero attached hydrogens (tertiary/aromatic N) is 1. The van der Waals surface area contributed by atoms with Crippen molar-refractivity contribution >= 4 is 28.9 Å². The number of carbonyl (C=O) groups is 2. The van der Waals surface area contributed by atoms with Gasteiger partial charge in [0.05, 0.1) is 24.8 Å². The molecule has 0 aliphatic heterocycles. The minimum atomic E-state index is -3.02. The van der Waals surface area contributed by atoms with Crippen LogP contribution in [0.15, 0.2) is 41.8 Å². The van der Waals surface area contributed by atoms with Crippen LogP contribution in [-0.4, -0.2) is 30.6 Å². The number of hydrogen-bond donors (Lipinski definition) is 1. The normalized spacial score (nSPS) is 10.7. The van der Waals surface area contributed by atoms with Gasteiger partial charge in [0, 0.05) is 11.1 Å². The summed E-state index contributed by atoms with van der Waals surface area (Å²) in [7, 11) is 1.27. The highest BCUT2D eigenvalue weighted by Gasteiger charge is 2.16. The number of aromatic nitrogens is 1. The number of rotatable bonds is 9. The molecule has 2 aromatic carbocycles. The summed E-state index contributed by atoms with van der Waals surface area (Å²) in [5.41, 5.74) is 3.37. The molecular weight excluding hydrogens is 454 g/mol. The van der Waals surface area contributed by atoms with E-state index < -0.39 is 12.6 Å². The molecule has 1 amide bonds. The van der Waals surface area contributed by atoms with Gasteiger partial charge in [0.1, 0.15) is 11.6 Å². The first kappa shape index (κ1) is 24.1. The minimum Gasteiger partial charge on any atom is -0.493 e. The quantitative estimate of drug-likeness (QED) is 0.442. The molecule has 10 heteroatoms. The van der Waals surface area contributed by atoms with Gasteiger partial charge in [-0.25, -0.2) is 9.78 Å². The third-order valence-electron chi connectivity index (χ3n) is 4.54. The molecule has 1 heterocycles. The molecular formula is C23H22F2N2O5S. The fourth-order valence-corrected chi connectivity index (χ4v) is 3.69. The third-order valence-corrected chi connectivity index (χ3v) is 5.44. The van der Waals surface area contributed by atoms with Gasteiger partial charge in [-0.05, 0) is 49.2 Å². The van der Waals surface area contributed by atoms with E-state index in [9.17, 15) is 18.4 Å². The zero-order valence-electron chi connectivity index (χ0n) is 18.2. The standard InChI is InChI=1S/C23H22F2N2O5S/c1-13-4-5-14(2)17(8-13)27-20(28)10-21-26-16(12-33-21)11-31-22(29)15-6-7-18(32-23(24)25)19(9-15)30-3/h4-9,12,23H,10-11H2,1-3H3,(H,27,28). The molecule has 0 aliphatic rings. The van der Waals surface area contributed by atoms with E-state index in [4.69, 9.17) is 9.47 Å². The van der Waals surface area contributed by atoms with Crippen molar-refractivity contribution in [1.82, 2.24) is 4.98 Å². The second kappa shape index (κ2) is 10.9. The zero-order chi connectivity index (χ0) is 24.0. The Hall–Kier alpha value is -3.53. The van der Waals surface area contributed by atoms with Crippen LogP contribution < -0.4 is 14.8 Å². The number of nitrogens with one attached hydrogen (secondary N) is 1. The van der Waals surface area contributed by atoms with Crippen molar-refractivity contribution in [3.05, 3.63) is 69.2 Å². The Kier molecular flexibility index (Phi) is 7.94. The average molecular weight is 477 g/mol.